The van der Waals surface area contributed by atoms with Gasteiger partial charge in [-0.05, 0) is 10.6 Å². The molecule has 3 aromatic heterocycles. The number of benzene rings is 1. The van der Waals surface area contributed by atoms with Gasteiger partial charge in [-0.15, -0.1) is 10.2 Å². The fraction of sp³-hybridized carbons (Fsp3) is 0.0769. The third kappa shape index (κ3) is 1.70. The van der Waals surface area contributed by atoms with Crippen LogP contribution in [0.2, 0.25) is 0 Å². The summed E-state index contributed by atoms with van der Waals surface area (Å²) in [5, 5.41) is 21.4. The van der Waals surface area contributed by atoms with Crippen LogP contribution in [0.4, 0.5) is 5.82 Å². The fourth-order valence-electron chi connectivity index (χ4n) is 2.37. The Morgan fingerprint density at radius 1 is 1.14 bits per heavy atom. The van der Waals surface area contributed by atoms with Gasteiger partial charge in [-0.2, -0.15) is 14.7 Å². The molecule has 9 nitrogen and oxygen atoms in total. The van der Waals surface area contributed by atoms with Gasteiger partial charge in [0.1, 0.15) is 5.52 Å². The molecule has 0 atom stereocenters. The van der Waals surface area contributed by atoms with E-state index in [1.165, 1.54) is 0 Å². The van der Waals surface area contributed by atoms with Gasteiger partial charge in [0.15, 0.2) is 11.6 Å². The number of nitrogens with zero attached hydrogens (tertiary/aromatic N) is 9. The summed E-state index contributed by atoms with van der Waals surface area (Å²) in [5.74, 6) is 0.813. The van der Waals surface area contributed by atoms with Gasteiger partial charge in [0.25, 0.3) is 0 Å². The molecule has 9 heteroatoms. The van der Waals surface area contributed by atoms with Gasteiger partial charge in [-0.3, -0.25) is 4.68 Å². The first kappa shape index (κ1) is 12.3. The number of aromatic nitrogens is 6. The SMILES string of the molecule is Cn1cc2c(N=[N+]=[N-])nn3c(-c4ccccc4)nnc3c2n1. The summed E-state index contributed by atoms with van der Waals surface area (Å²) in [7, 11) is 1.78. The molecule has 0 aliphatic rings. The summed E-state index contributed by atoms with van der Waals surface area (Å²) in [4.78, 5) is 2.83. The molecule has 22 heavy (non-hydrogen) atoms. The monoisotopic (exact) mass is 291 g/mol. The molecule has 106 valence electrons. The van der Waals surface area contributed by atoms with Gasteiger partial charge in [0, 0.05) is 23.7 Å². The third-order valence-electron chi connectivity index (χ3n) is 3.29. The maximum absolute atomic E-state index is 8.75. The number of hydrogen-bond donors (Lipinski definition) is 0. The second-order valence-corrected chi connectivity index (χ2v) is 4.70. The Labute approximate surface area is 123 Å². The Morgan fingerprint density at radius 3 is 2.73 bits per heavy atom. The molecule has 0 aliphatic heterocycles. The average molecular weight is 291 g/mol. The van der Waals surface area contributed by atoms with Crippen molar-refractivity contribution < 1.29 is 0 Å². The Kier molecular flexibility index (Phi) is 2.54. The predicted octanol–water partition coefficient (Wildman–Crippen LogP) is 2.62. The lowest BCUT2D eigenvalue weighted by Gasteiger charge is -2.00. The first-order valence-corrected chi connectivity index (χ1v) is 6.47. The smallest absolute Gasteiger partial charge is 0.206 e. The summed E-state index contributed by atoms with van der Waals surface area (Å²) in [6, 6.07) is 9.55. The van der Waals surface area contributed by atoms with Crippen LogP contribution in [0.25, 0.3) is 38.4 Å². The summed E-state index contributed by atoms with van der Waals surface area (Å²) in [6.45, 7) is 0. The Morgan fingerprint density at radius 2 is 1.95 bits per heavy atom. The lowest BCUT2D eigenvalue weighted by Crippen LogP contribution is -1.96. The highest BCUT2D eigenvalue weighted by molar-refractivity contribution is 5.96. The van der Waals surface area contributed by atoms with Crippen molar-refractivity contribution in [2.75, 3.05) is 0 Å². The number of rotatable bonds is 2. The van der Waals surface area contributed by atoms with Crippen LogP contribution in [0.3, 0.4) is 0 Å². The highest BCUT2D eigenvalue weighted by Crippen LogP contribution is 2.27. The molecule has 4 aromatic rings. The van der Waals surface area contributed by atoms with Crippen LogP contribution in [0.15, 0.2) is 41.6 Å². The van der Waals surface area contributed by atoms with Gasteiger partial charge in [0.05, 0.1) is 5.39 Å². The molecular weight excluding hydrogens is 282 g/mol. The zero-order chi connectivity index (χ0) is 15.1. The van der Waals surface area contributed by atoms with Crippen LogP contribution in [-0.4, -0.2) is 29.6 Å². The van der Waals surface area contributed by atoms with Crippen molar-refractivity contribution in [2.24, 2.45) is 12.2 Å². The van der Waals surface area contributed by atoms with Crippen molar-refractivity contribution in [2.45, 2.75) is 0 Å². The van der Waals surface area contributed by atoms with E-state index in [9.17, 15) is 0 Å². The topological polar surface area (TPSA) is 110 Å². The number of hydrogen-bond acceptors (Lipinski definition) is 5. The first-order chi connectivity index (χ1) is 10.8. The highest BCUT2D eigenvalue weighted by Gasteiger charge is 2.17. The standard InChI is InChI=1S/C13H9N9/c1-21-7-9-10(18-21)13-17-16-12(8-5-3-2-4-6-8)22(13)19-11(9)15-20-14/h2-7H,1H3. The van der Waals surface area contributed by atoms with E-state index < -0.39 is 0 Å². The van der Waals surface area contributed by atoms with Crippen LogP contribution in [0.1, 0.15) is 0 Å². The van der Waals surface area contributed by atoms with Crippen LogP contribution in [-0.2, 0) is 7.05 Å². The van der Waals surface area contributed by atoms with Gasteiger partial charge in [-0.1, -0.05) is 30.3 Å². The molecule has 4 rings (SSSR count). The first-order valence-electron chi connectivity index (χ1n) is 6.47. The Balaban J connectivity index is 2.13. The van der Waals surface area contributed by atoms with Crippen molar-refractivity contribution in [3.8, 4) is 11.4 Å². The van der Waals surface area contributed by atoms with Crippen LogP contribution < -0.4 is 0 Å². The molecule has 0 saturated heterocycles. The molecule has 0 aliphatic carbocycles. The van der Waals surface area contributed by atoms with E-state index in [2.05, 4.69) is 30.4 Å². The van der Waals surface area contributed by atoms with Crippen molar-refractivity contribution in [3.63, 3.8) is 0 Å². The predicted molar refractivity (Wildman–Crippen MR) is 79.3 cm³/mol. The minimum Gasteiger partial charge on any atom is -0.274 e. The van der Waals surface area contributed by atoms with E-state index in [0.29, 0.717) is 22.4 Å². The number of azide groups is 1. The molecule has 0 saturated carbocycles. The zero-order valence-corrected chi connectivity index (χ0v) is 11.5. The van der Waals surface area contributed by atoms with Crippen molar-refractivity contribution in [1.82, 2.24) is 29.6 Å². The van der Waals surface area contributed by atoms with Crippen LogP contribution in [0.5, 0.6) is 0 Å². The molecule has 0 unspecified atom stereocenters. The molecular formula is C13H9N9. The van der Waals surface area contributed by atoms with E-state index in [1.807, 2.05) is 30.3 Å². The van der Waals surface area contributed by atoms with E-state index in [-0.39, 0.29) is 5.82 Å². The van der Waals surface area contributed by atoms with Crippen molar-refractivity contribution in [3.05, 3.63) is 47.0 Å². The maximum atomic E-state index is 8.75. The average Bonchev–Trinajstić information content (AvgIpc) is 3.11. The third-order valence-corrected chi connectivity index (χ3v) is 3.29. The van der Waals surface area contributed by atoms with Crippen molar-refractivity contribution in [1.29, 1.82) is 0 Å². The molecule has 0 bridgehead atoms. The summed E-state index contributed by atoms with van der Waals surface area (Å²) < 4.78 is 3.17. The van der Waals surface area contributed by atoms with Gasteiger partial charge in [0.2, 0.25) is 5.65 Å². The summed E-state index contributed by atoms with van der Waals surface area (Å²) >= 11 is 0. The quantitative estimate of drug-likeness (QED) is 0.321. The highest BCUT2D eigenvalue weighted by atomic mass is 15.4. The lowest BCUT2D eigenvalue weighted by atomic mass is 10.2. The second-order valence-electron chi connectivity index (χ2n) is 4.70. The molecule has 1 aromatic carbocycles. The normalized spacial score (nSPS) is 11.0. The van der Waals surface area contributed by atoms with Gasteiger partial charge >= 0.3 is 0 Å². The number of fused-ring (bicyclic) bond motifs is 3. The Hall–Kier alpha value is -3.45. The van der Waals surface area contributed by atoms with Crippen molar-refractivity contribution >= 4 is 22.4 Å². The Bertz CT molecular complexity index is 1040. The van der Waals surface area contributed by atoms with Gasteiger partial charge < -0.3 is 0 Å². The second kappa shape index (κ2) is 4.54. The molecule has 0 fully saturated rings. The van der Waals surface area contributed by atoms with E-state index >= 15 is 0 Å². The van der Waals surface area contributed by atoms with Crippen LogP contribution in [0, 0.1) is 0 Å². The lowest BCUT2D eigenvalue weighted by molar-refractivity contribution is 0.779. The zero-order valence-electron chi connectivity index (χ0n) is 11.5. The fourth-order valence-corrected chi connectivity index (χ4v) is 2.37. The summed E-state index contributed by atoms with van der Waals surface area (Å²) in [5.41, 5.74) is 10.7. The molecule has 0 amide bonds. The molecule has 0 spiro atoms. The van der Waals surface area contributed by atoms with Crippen LogP contribution >= 0.6 is 0 Å². The minimum atomic E-state index is 0.245. The molecule has 0 N–H and O–H groups in total. The van der Waals surface area contributed by atoms with Gasteiger partial charge in [-0.25, -0.2) is 0 Å². The van der Waals surface area contributed by atoms with E-state index in [0.717, 1.165) is 5.56 Å². The number of aryl methyl sites for hydroxylation is 1. The van der Waals surface area contributed by atoms with E-state index in [1.54, 1.807) is 22.4 Å². The largest absolute Gasteiger partial charge is 0.274 e. The minimum absolute atomic E-state index is 0.245. The maximum Gasteiger partial charge on any atom is 0.206 e. The van der Waals surface area contributed by atoms with E-state index in [4.69, 9.17) is 5.53 Å². The molecule has 0 radical (unpaired) electrons. The molecule has 3 heterocycles. The summed E-state index contributed by atoms with van der Waals surface area (Å²) in [6.07, 6.45) is 1.74.